The van der Waals surface area contributed by atoms with Crippen molar-refractivity contribution >= 4 is 17.5 Å². The number of aromatic nitrogens is 1. The Morgan fingerprint density at radius 2 is 2.16 bits per heavy atom. The van der Waals surface area contributed by atoms with E-state index in [9.17, 15) is 0 Å². The van der Waals surface area contributed by atoms with Gasteiger partial charge in [0.05, 0.1) is 16.8 Å². The molecule has 0 radical (unpaired) electrons. The van der Waals surface area contributed by atoms with Crippen molar-refractivity contribution in [1.82, 2.24) is 5.16 Å². The van der Waals surface area contributed by atoms with E-state index < -0.39 is 0 Å². The highest BCUT2D eigenvalue weighted by Crippen LogP contribution is 2.49. The van der Waals surface area contributed by atoms with Gasteiger partial charge in [0.2, 0.25) is 12.7 Å². The molecule has 0 amide bonds. The fourth-order valence-electron chi connectivity index (χ4n) is 2.30. The molecule has 3 rings (SSSR count). The molecular weight excluding hydrogens is 268 g/mol. The van der Waals surface area contributed by atoms with Crippen LogP contribution in [0.25, 0.3) is 11.1 Å². The lowest BCUT2D eigenvalue weighted by Gasteiger charge is -2.16. The molecule has 0 fully saturated rings. The van der Waals surface area contributed by atoms with Gasteiger partial charge < -0.3 is 19.7 Å². The topological polar surface area (TPSA) is 70.5 Å². The molecule has 1 aliphatic heterocycles. The van der Waals surface area contributed by atoms with Crippen LogP contribution in [0.15, 0.2) is 16.8 Å². The Kier molecular flexibility index (Phi) is 2.78. The van der Waals surface area contributed by atoms with Gasteiger partial charge in [-0.1, -0.05) is 30.6 Å². The van der Waals surface area contributed by atoms with E-state index in [1.54, 1.807) is 12.3 Å². The molecule has 0 spiro atoms. The number of nitrogen functional groups attached to an aromatic ring is 1. The van der Waals surface area contributed by atoms with Gasteiger partial charge in [-0.25, -0.2) is 0 Å². The molecule has 1 aliphatic rings. The second-order valence-corrected chi connectivity index (χ2v) is 5.05. The number of hydrogen-bond acceptors (Lipinski definition) is 5. The van der Waals surface area contributed by atoms with E-state index in [0.717, 1.165) is 16.9 Å². The molecule has 1 aromatic carbocycles. The SMILES string of the molecule is CC(C)c1c2c(cc(Cl)c1-c1cnoc1N)OCO2. The highest BCUT2D eigenvalue weighted by molar-refractivity contribution is 6.34. The Morgan fingerprint density at radius 1 is 1.37 bits per heavy atom. The molecule has 0 bridgehead atoms. The second-order valence-electron chi connectivity index (χ2n) is 4.64. The smallest absolute Gasteiger partial charge is 0.231 e. The van der Waals surface area contributed by atoms with Crippen LogP contribution in [0.5, 0.6) is 11.5 Å². The average molecular weight is 281 g/mol. The lowest BCUT2D eigenvalue weighted by atomic mass is 9.92. The Hall–Kier alpha value is -1.88. The molecule has 0 saturated carbocycles. The third kappa shape index (κ3) is 1.81. The van der Waals surface area contributed by atoms with Crippen molar-refractivity contribution in [2.75, 3.05) is 12.5 Å². The molecule has 100 valence electrons. The second kappa shape index (κ2) is 4.35. The average Bonchev–Trinajstić information content (AvgIpc) is 2.95. The zero-order valence-electron chi connectivity index (χ0n) is 10.6. The van der Waals surface area contributed by atoms with Crippen molar-refractivity contribution in [2.45, 2.75) is 19.8 Å². The normalized spacial score (nSPS) is 13.3. The van der Waals surface area contributed by atoms with E-state index in [4.69, 9.17) is 31.3 Å². The van der Waals surface area contributed by atoms with Crippen LogP contribution in [0, 0.1) is 0 Å². The molecule has 6 heteroatoms. The van der Waals surface area contributed by atoms with E-state index in [0.29, 0.717) is 16.3 Å². The Balaban J connectivity index is 2.32. The van der Waals surface area contributed by atoms with Crippen LogP contribution in [0.3, 0.4) is 0 Å². The van der Waals surface area contributed by atoms with Crippen molar-refractivity contribution < 1.29 is 14.0 Å². The third-order valence-corrected chi connectivity index (χ3v) is 3.40. The molecule has 0 saturated heterocycles. The summed E-state index contributed by atoms with van der Waals surface area (Å²) in [6.45, 7) is 4.32. The number of hydrogen-bond donors (Lipinski definition) is 1. The van der Waals surface area contributed by atoms with Gasteiger partial charge in [-0.2, -0.15) is 0 Å². The standard InChI is InChI=1S/C13H13ClN2O3/c1-6(2)10-11(7-4-16-19-13(7)15)8(14)3-9-12(10)18-5-17-9/h3-4,6H,5,15H2,1-2H3. The lowest BCUT2D eigenvalue weighted by Crippen LogP contribution is -1.98. The number of rotatable bonds is 2. The quantitative estimate of drug-likeness (QED) is 0.912. The minimum atomic E-state index is 0.193. The third-order valence-electron chi connectivity index (χ3n) is 3.10. The van der Waals surface area contributed by atoms with Gasteiger partial charge in [-0.3, -0.25) is 0 Å². The predicted molar refractivity (Wildman–Crippen MR) is 71.6 cm³/mol. The van der Waals surface area contributed by atoms with Crippen LogP contribution < -0.4 is 15.2 Å². The van der Waals surface area contributed by atoms with Crippen molar-refractivity contribution in [1.29, 1.82) is 0 Å². The predicted octanol–water partition coefficient (Wildman–Crippen LogP) is 3.43. The van der Waals surface area contributed by atoms with Crippen molar-refractivity contribution in [3.63, 3.8) is 0 Å². The molecule has 0 aliphatic carbocycles. The summed E-state index contributed by atoms with van der Waals surface area (Å²) in [5.41, 5.74) is 8.21. The number of ether oxygens (including phenoxy) is 2. The summed E-state index contributed by atoms with van der Waals surface area (Å²) >= 11 is 6.36. The molecular formula is C13H13ClN2O3. The summed E-state index contributed by atoms with van der Waals surface area (Å²) in [5, 5.41) is 4.25. The molecule has 0 unspecified atom stereocenters. The maximum atomic E-state index is 6.36. The van der Waals surface area contributed by atoms with Gasteiger partial charge >= 0.3 is 0 Å². The number of benzene rings is 1. The largest absolute Gasteiger partial charge is 0.454 e. The van der Waals surface area contributed by atoms with Crippen LogP contribution >= 0.6 is 11.6 Å². The highest BCUT2D eigenvalue weighted by Gasteiger charge is 2.27. The van der Waals surface area contributed by atoms with E-state index in [1.807, 2.05) is 0 Å². The summed E-state index contributed by atoms with van der Waals surface area (Å²) in [6, 6.07) is 1.73. The van der Waals surface area contributed by atoms with Gasteiger partial charge in [-0.05, 0) is 5.92 Å². The summed E-state index contributed by atoms with van der Waals surface area (Å²) < 4.78 is 15.9. The van der Waals surface area contributed by atoms with Gasteiger partial charge in [0.15, 0.2) is 11.5 Å². The van der Waals surface area contributed by atoms with E-state index in [1.165, 1.54) is 0 Å². The first-order valence-electron chi connectivity index (χ1n) is 5.92. The monoisotopic (exact) mass is 280 g/mol. The number of nitrogens with two attached hydrogens (primary N) is 1. The zero-order valence-corrected chi connectivity index (χ0v) is 11.3. The first kappa shape index (κ1) is 12.2. The van der Waals surface area contributed by atoms with Crippen LogP contribution in [-0.4, -0.2) is 11.9 Å². The van der Waals surface area contributed by atoms with Crippen molar-refractivity contribution in [3.8, 4) is 22.6 Å². The van der Waals surface area contributed by atoms with Crippen LogP contribution in [0.1, 0.15) is 25.3 Å². The fourth-order valence-corrected chi connectivity index (χ4v) is 2.60. The molecule has 0 atom stereocenters. The zero-order chi connectivity index (χ0) is 13.6. The van der Waals surface area contributed by atoms with E-state index >= 15 is 0 Å². The first-order chi connectivity index (χ1) is 9.09. The fraction of sp³-hybridized carbons (Fsp3) is 0.308. The molecule has 19 heavy (non-hydrogen) atoms. The van der Waals surface area contributed by atoms with E-state index in [2.05, 4.69) is 19.0 Å². The number of fused-ring (bicyclic) bond motifs is 1. The summed E-state index contributed by atoms with van der Waals surface area (Å²) in [6.07, 6.45) is 1.56. The maximum Gasteiger partial charge on any atom is 0.231 e. The van der Waals surface area contributed by atoms with Crippen molar-refractivity contribution in [2.24, 2.45) is 0 Å². The Morgan fingerprint density at radius 3 is 2.79 bits per heavy atom. The molecule has 2 heterocycles. The summed E-state index contributed by atoms with van der Waals surface area (Å²) in [7, 11) is 0. The highest BCUT2D eigenvalue weighted by atomic mass is 35.5. The molecule has 1 aromatic heterocycles. The first-order valence-corrected chi connectivity index (χ1v) is 6.30. The summed E-state index contributed by atoms with van der Waals surface area (Å²) in [5.74, 6) is 1.81. The number of anilines is 1. The molecule has 5 nitrogen and oxygen atoms in total. The minimum Gasteiger partial charge on any atom is -0.454 e. The Bertz CT molecular complexity index is 637. The van der Waals surface area contributed by atoms with Gasteiger partial charge in [-0.15, -0.1) is 0 Å². The van der Waals surface area contributed by atoms with E-state index in [-0.39, 0.29) is 18.6 Å². The van der Waals surface area contributed by atoms with Crippen LogP contribution in [0.4, 0.5) is 5.88 Å². The van der Waals surface area contributed by atoms with Crippen LogP contribution in [0.2, 0.25) is 5.02 Å². The van der Waals surface area contributed by atoms with Gasteiger partial charge in [0.25, 0.3) is 0 Å². The number of halogens is 1. The lowest BCUT2D eigenvalue weighted by molar-refractivity contribution is 0.173. The van der Waals surface area contributed by atoms with Gasteiger partial charge in [0, 0.05) is 17.2 Å². The summed E-state index contributed by atoms with van der Waals surface area (Å²) in [4.78, 5) is 0. The van der Waals surface area contributed by atoms with Crippen molar-refractivity contribution in [3.05, 3.63) is 22.8 Å². The van der Waals surface area contributed by atoms with Gasteiger partial charge in [0.1, 0.15) is 0 Å². The molecule has 2 aromatic rings. The van der Waals surface area contributed by atoms with Crippen LogP contribution in [-0.2, 0) is 0 Å². The number of nitrogens with zero attached hydrogens (tertiary/aromatic N) is 1. The maximum absolute atomic E-state index is 6.36. The minimum absolute atomic E-state index is 0.193. The Labute approximate surface area is 115 Å². The molecule has 2 N–H and O–H groups in total.